The van der Waals surface area contributed by atoms with Crippen LogP contribution in [0.2, 0.25) is 0 Å². The highest BCUT2D eigenvalue weighted by Gasteiger charge is 2.64. The normalized spacial score (nSPS) is 56.5. The maximum absolute atomic E-state index is 11.9. The van der Waals surface area contributed by atoms with E-state index in [1.807, 2.05) is 0 Å². The van der Waals surface area contributed by atoms with E-state index in [9.17, 15) is 9.90 Å². The van der Waals surface area contributed by atoms with Gasteiger partial charge < -0.3 is 5.11 Å². The lowest BCUT2D eigenvalue weighted by Gasteiger charge is -2.62. The summed E-state index contributed by atoms with van der Waals surface area (Å²) in [5, 5.41) is 11.6. The summed E-state index contributed by atoms with van der Waals surface area (Å²) in [5.74, 6) is 2.22. The molecule has 4 rings (SSSR count). The van der Waals surface area contributed by atoms with Crippen molar-refractivity contribution in [1.29, 1.82) is 0 Å². The predicted octanol–water partition coefficient (Wildman–Crippen LogP) is 4.10. The molecule has 21 heavy (non-hydrogen) atoms. The van der Waals surface area contributed by atoms with Crippen molar-refractivity contribution < 1.29 is 9.90 Å². The van der Waals surface area contributed by atoms with E-state index < -0.39 is 5.60 Å². The topological polar surface area (TPSA) is 37.3 Å². The van der Waals surface area contributed by atoms with Crippen molar-refractivity contribution in [3.8, 4) is 0 Å². The van der Waals surface area contributed by atoms with Crippen molar-refractivity contribution in [2.75, 3.05) is 0 Å². The fourth-order valence-electron chi connectivity index (χ4n) is 7.00. The molecule has 0 amide bonds. The molecule has 0 heterocycles. The summed E-state index contributed by atoms with van der Waals surface area (Å²) >= 11 is 0. The van der Waals surface area contributed by atoms with Crippen LogP contribution in [0.15, 0.2) is 0 Å². The van der Waals surface area contributed by atoms with Crippen LogP contribution in [0.5, 0.6) is 0 Å². The minimum atomic E-state index is -0.411. The first-order chi connectivity index (χ1) is 9.89. The number of Topliss-reactive ketones (excluding diaryl/α,β-unsaturated/α-hetero) is 1. The van der Waals surface area contributed by atoms with Crippen LogP contribution in [0.1, 0.15) is 78.1 Å². The third-order valence-corrected chi connectivity index (χ3v) is 8.46. The lowest BCUT2D eigenvalue weighted by molar-refractivity contribution is -0.197. The molecule has 0 aliphatic heterocycles. The smallest absolute Gasteiger partial charge is 0.133 e. The van der Waals surface area contributed by atoms with Gasteiger partial charge >= 0.3 is 0 Å². The quantitative estimate of drug-likeness (QED) is 0.729. The highest BCUT2D eigenvalue weighted by Crippen LogP contribution is 2.67. The summed E-state index contributed by atoms with van der Waals surface area (Å²) in [7, 11) is 0. The average Bonchev–Trinajstić information content (AvgIpc) is 2.75. The van der Waals surface area contributed by atoms with Crippen molar-refractivity contribution >= 4 is 5.78 Å². The molecule has 1 N–H and O–H groups in total. The Morgan fingerprint density at radius 2 is 1.81 bits per heavy atom. The third-order valence-electron chi connectivity index (χ3n) is 8.46. The number of aliphatic hydroxyl groups is 1. The highest BCUT2D eigenvalue weighted by atomic mass is 16.3. The Morgan fingerprint density at radius 1 is 1.00 bits per heavy atom. The third kappa shape index (κ3) is 1.72. The van der Waals surface area contributed by atoms with Crippen LogP contribution >= 0.6 is 0 Å². The van der Waals surface area contributed by atoms with Gasteiger partial charge in [-0.05, 0) is 80.0 Å². The van der Waals surface area contributed by atoms with E-state index in [4.69, 9.17) is 0 Å². The second kappa shape index (κ2) is 4.34. The van der Waals surface area contributed by atoms with Crippen molar-refractivity contribution in [3.05, 3.63) is 0 Å². The second-order valence-corrected chi connectivity index (χ2v) is 9.11. The minimum Gasteiger partial charge on any atom is -0.389 e. The Bertz CT molecular complexity index is 472. The van der Waals surface area contributed by atoms with Gasteiger partial charge in [0.15, 0.2) is 0 Å². The number of ketones is 1. The monoisotopic (exact) mass is 290 g/mol. The second-order valence-electron chi connectivity index (χ2n) is 9.11. The average molecular weight is 290 g/mol. The summed E-state index contributed by atoms with van der Waals surface area (Å²) in [4.78, 5) is 11.9. The molecule has 2 heteroatoms. The summed E-state index contributed by atoms with van der Waals surface area (Å²) in [5.41, 5.74) is 0.0731. The molecule has 0 bridgehead atoms. The minimum absolute atomic E-state index is 0.169. The fraction of sp³-hybridized carbons (Fsp3) is 0.947. The first-order valence-corrected chi connectivity index (χ1v) is 9.13. The van der Waals surface area contributed by atoms with Gasteiger partial charge in [0, 0.05) is 12.8 Å². The van der Waals surface area contributed by atoms with Crippen molar-refractivity contribution in [2.45, 2.75) is 83.7 Å². The Morgan fingerprint density at radius 3 is 2.62 bits per heavy atom. The van der Waals surface area contributed by atoms with Gasteiger partial charge in [-0.15, -0.1) is 0 Å². The van der Waals surface area contributed by atoms with Crippen LogP contribution in [0.25, 0.3) is 0 Å². The Hall–Kier alpha value is -0.370. The summed E-state index contributed by atoms with van der Waals surface area (Å²) in [6.07, 6.45) is 10.9. The molecule has 6 atom stereocenters. The van der Waals surface area contributed by atoms with E-state index in [0.29, 0.717) is 29.0 Å². The zero-order chi connectivity index (χ0) is 14.9. The van der Waals surface area contributed by atoms with Gasteiger partial charge in [0.2, 0.25) is 0 Å². The van der Waals surface area contributed by atoms with E-state index in [2.05, 4.69) is 13.8 Å². The fourth-order valence-corrected chi connectivity index (χ4v) is 7.00. The van der Waals surface area contributed by atoms with Crippen molar-refractivity contribution in [3.63, 3.8) is 0 Å². The van der Waals surface area contributed by atoms with Gasteiger partial charge in [-0.3, -0.25) is 4.79 Å². The van der Waals surface area contributed by atoms with Crippen LogP contribution in [-0.2, 0) is 4.79 Å². The zero-order valence-electron chi connectivity index (χ0n) is 13.7. The summed E-state index contributed by atoms with van der Waals surface area (Å²) < 4.78 is 0. The van der Waals surface area contributed by atoms with Crippen LogP contribution in [-0.4, -0.2) is 16.5 Å². The molecule has 4 saturated carbocycles. The molecule has 0 saturated heterocycles. The number of fused-ring (bicyclic) bond motifs is 5. The molecule has 118 valence electrons. The van der Waals surface area contributed by atoms with Gasteiger partial charge in [-0.2, -0.15) is 0 Å². The molecular formula is C19H30O2. The van der Waals surface area contributed by atoms with Gasteiger partial charge in [-0.1, -0.05) is 13.8 Å². The SMILES string of the molecule is C[C@]12CCC(=O)C[C@H]1CC[C@@H]1[C@H]2CC[C@]2(C)CCC[C@@]12O. The van der Waals surface area contributed by atoms with Crippen LogP contribution in [0.4, 0.5) is 0 Å². The van der Waals surface area contributed by atoms with Gasteiger partial charge in [-0.25, -0.2) is 0 Å². The van der Waals surface area contributed by atoms with E-state index in [-0.39, 0.29) is 5.41 Å². The van der Waals surface area contributed by atoms with Crippen molar-refractivity contribution in [1.82, 2.24) is 0 Å². The van der Waals surface area contributed by atoms with Crippen molar-refractivity contribution in [2.24, 2.45) is 28.6 Å². The largest absolute Gasteiger partial charge is 0.389 e. The number of carbonyl (C=O) groups excluding carboxylic acids is 1. The van der Waals surface area contributed by atoms with Crippen LogP contribution < -0.4 is 0 Å². The lowest BCUT2D eigenvalue weighted by Crippen LogP contribution is -2.61. The number of hydrogen-bond acceptors (Lipinski definition) is 2. The highest BCUT2D eigenvalue weighted by molar-refractivity contribution is 5.79. The standard InChI is InChI=1S/C19H30O2/c1-17-8-3-9-19(17,21)16-5-4-13-12-14(20)6-11-18(13,2)15(16)7-10-17/h13,15-16,21H,3-12H2,1-2H3/t13-,15-,16-,17+,18+,19-/m1/s1. The molecule has 0 aromatic heterocycles. The Balaban J connectivity index is 1.69. The number of rotatable bonds is 0. The van der Waals surface area contributed by atoms with Gasteiger partial charge in [0.1, 0.15) is 5.78 Å². The zero-order valence-corrected chi connectivity index (χ0v) is 13.7. The lowest BCUT2D eigenvalue weighted by atomic mass is 9.44. The maximum Gasteiger partial charge on any atom is 0.133 e. The van der Waals surface area contributed by atoms with Crippen LogP contribution in [0, 0.1) is 28.6 Å². The number of carbonyl (C=O) groups is 1. The molecule has 4 aliphatic rings. The van der Waals surface area contributed by atoms with Crippen LogP contribution in [0.3, 0.4) is 0 Å². The molecule has 4 aliphatic carbocycles. The summed E-state index contributed by atoms with van der Waals surface area (Å²) in [6, 6.07) is 0. The number of hydrogen-bond donors (Lipinski definition) is 1. The van der Waals surface area contributed by atoms with E-state index in [0.717, 1.165) is 32.1 Å². The molecule has 0 aromatic rings. The predicted molar refractivity (Wildman–Crippen MR) is 82.8 cm³/mol. The first kappa shape index (κ1) is 14.2. The van der Waals surface area contributed by atoms with Gasteiger partial charge in [0.25, 0.3) is 0 Å². The van der Waals surface area contributed by atoms with E-state index in [1.165, 1.54) is 32.1 Å². The Kier molecular flexibility index (Phi) is 2.94. The molecule has 0 spiro atoms. The Labute approximate surface area is 128 Å². The molecule has 0 unspecified atom stereocenters. The molecular weight excluding hydrogens is 260 g/mol. The molecule has 4 fully saturated rings. The van der Waals surface area contributed by atoms with E-state index >= 15 is 0 Å². The van der Waals surface area contributed by atoms with E-state index in [1.54, 1.807) is 0 Å². The van der Waals surface area contributed by atoms with Gasteiger partial charge in [0.05, 0.1) is 5.60 Å². The molecule has 2 nitrogen and oxygen atoms in total. The summed E-state index contributed by atoms with van der Waals surface area (Å²) in [6.45, 7) is 4.79. The molecule has 0 radical (unpaired) electrons. The maximum atomic E-state index is 11.9. The first-order valence-electron chi connectivity index (χ1n) is 9.13. The molecule has 0 aromatic carbocycles.